The smallest absolute Gasteiger partial charge is 0.322 e. The Balaban J connectivity index is 1.26. The van der Waals surface area contributed by atoms with Gasteiger partial charge >= 0.3 is 6.03 Å². The number of nitrogens with one attached hydrogen (secondary N) is 1. The average Bonchev–Trinajstić information content (AvgIpc) is 2.76. The molecule has 0 saturated carbocycles. The van der Waals surface area contributed by atoms with Gasteiger partial charge in [-0.3, -0.25) is 4.90 Å². The largest absolute Gasteiger partial charge is 0.373 e. The Labute approximate surface area is 189 Å². The fourth-order valence-electron chi connectivity index (χ4n) is 4.18. The van der Waals surface area contributed by atoms with Crippen molar-refractivity contribution in [1.29, 1.82) is 0 Å². The number of rotatable bonds is 4. The molecule has 0 aliphatic carbocycles. The molecule has 2 aliphatic heterocycles. The molecule has 2 saturated heterocycles. The van der Waals surface area contributed by atoms with Crippen LogP contribution in [-0.4, -0.2) is 74.4 Å². The van der Waals surface area contributed by atoms with Gasteiger partial charge in [-0.15, -0.1) is 0 Å². The van der Waals surface area contributed by atoms with Crippen molar-refractivity contribution in [2.24, 2.45) is 0 Å². The molecule has 4 rings (SSSR count). The molecule has 0 aromatic heterocycles. The van der Waals surface area contributed by atoms with Crippen LogP contribution in [0, 0.1) is 13.8 Å². The van der Waals surface area contributed by atoms with E-state index < -0.39 is 0 Å². The molecule has 31 heavy (non-hydrogen) atoms. The van der Waals surface area contributed by atoms with E-state index in [0.29, 0.717) is 30.4 Å². The van der Waals surface area contributed by atoms with E-state index in [4.69, 9.17) is 16.3 Å². The van der Waals surface area contributed by atoms with Gasteiger partial charge in [0.25, 0.3) is 0 Å². The second-order valence-electron chi connectivity index (χ2n) is 8.44. The number of anilines is 2. The van der Waals surface area contributed by atoms with Crippen molar-refractivity contribution in [2.75, 3.05) is 62.6 Å². The third-order valence-electron chi connectivity index (χ3n) is 6.19. The number of carbonyl (C=O) groups is 1. The number of benzene rings is 2. The number of halogens is 1. The summed E-state index contributed by atoms with van der Waals surface area (Å²) in [6, 6.07) is 13.8. The number of urea groups is 1. The van der Waals surface area contributed by atoms with Crippen LogP contribution in [0.1, 0.15) is 11.1 Å². The van der Waals surface area contributed by atoms with Crippen molar-refractivity contribution in [2.45, 2.75) is 20.0 Å². The number of hydrogen-bond donors (Lipinski definition) is 1. The lowest BCUT2D eigenvalue weighted by atomic mass is 10.1. The van der Waals surface area contributed by atoms with E-state index >= 15 is 0 Å². The number of ether oxygens (including phenoxy) is 1. The Morgan fingerprint density at radius 2 is 1.87 bits per heavy atom. The summed E-state index contributed by atoms with van der Waals surface area (Å²) in [6.45, 7) is 11.0. The van der Waals surface area contributed by atoms with Gasteiger partial charge in [0, 0.05) is 62.2 Å². The van der Waals surface area contributed by atoms with Gasteiger partial charge in [0.05, 0.1) is 12.7 Å². The van der Waals surface area contributed by atoms with Crippen LogP contribution in [0.5, 0.6) is 0 Å². The van der Waals surface area contributed by atoms with Gasteiger partial charge in [-0.2, -0.15) is 0 Å². The minimum Gasteiger partial charge on any atom is -0.373 e. The quantitative estimate of drug-likeness (QED) is 0.777. The van der Waals surface area contributed by atoms with Crippen molar-refractivity contribution in [1.82, 2.24) is 9.80 Å². The Bertz CT molecular complexity index is 914. The van der Waals surface area contributed by atoms with Crippen molar-refractivity contribution in [3.63, 3.8) is 0 Å². The minimum atomic E-state index is -0.102. The molecule has 0 radical (unpaired) electrons. The first-order chi connectivity index (χ1) is 15.0. The van der Waals surface area contributed by atoms with Gasteiger partial charge in [-0.05, 0) is 55.3 Å². The summed E-state index contributed by atoms with van der Waals surface area (Å²) in [5.41, 5.74) is 4.69. The van der Waals surface area contributed by atoms with Crippen LogP contribution in [0.15, 0.2) is 42.5 Å². The molecule has 1 atom stereocenters. The van der Waals surface area contributed by atoms with Gasteiger partial charge in [0.15, 0.2) is 0 Å². The highest BCUT2D eigenvalue weighted by Gasteiger charge is 2.27. The van der Waals surface area contributed by atoms with Crippen molar-refractivity contribution in [3.05, 3.63) is 58.6 Å². The zero-order valence-corrected chi connectivity index (χ0v) is 19.1. The zero-order chi connectivity index (χ0) is 21.8. The highest BCUT2D eigenvalue weighted by molar-refractivity contribution is 6.30. The SMILES string of the molecule is Cc1ccc(N2CCN(C[C@@H]3CN(C(=O)Nc4cccc(Cl)c4)CCO3)CC2)cc1C. The summed E-state index contributed by atoms with van der Waals surface area (Å²) in [7, 11) is 0. The first kappa shape index (κ1) is 21.9. The predicted molar refractivity (Wildman–Crippen MR) is 126 cm³/mol. The van der Waals surface area contributed by atoms with E-state index in [2.05, 4.69) is 47.2 Å². The second-order valence-corrected chi connectivity index (χ2v) is 8.87. The van der Waals surface area contributed by atoms with E-state index in [1.165, 1.54) is 16.8 Å². The number of morpholine rings is 1. The number of piperazine rings is 1. The molecule has 0 bridgehead atoms. The van der Waals surface area contributed by atoms with Gasteiger partial charge in [0.2, 0.25) is 0 Å². The summed E-state index contributed by atoms with van der Waals surface area (Å²) in [5.74, 6) is 0. The standard InChI is InChI=1S/C24H31ClN4O2/c1-18-6-7-22(14-19(18)2)28-10-8-27(9-11-28)16-23-17-29(12-13-31-23)24(30)26-21-5-3-4-20(25)15-21/h3-7,14-15,23H,8-13,16-17H2,1-2H3,(H,26,30)/t23-/m1/s1. The molecule has 7 heteroatoms. The fraction of sp³-hybridized carbons (Fsp3) is 0.458. The van der Waals surface area contributed by atoms with Gasteiger partial charge in [-0.25, -0.2) is 4.79 Å². The van der Waals surface area contributed by atoms with Crippen LogP contribution in [0.2, 0.25) is 5.02 Å². The highest BCUT2D eigenvalue weighted by Crippen LogP contribution is 2.21. The summed E-state index contributed by atoms with van der Waals surface area (Å²) >= 11 is 6.02. The van der Waals surface area contributed by atoms with Gasteiger partial charge < -0.3 is 19.9 Å². The maximum atomic E-state index is 12.7. The lowest BCUT2D eigenvalue weighted by Crippen LogP contribution is -2.54. The van der Waals surface area contributed by atoms with E-state index in [1.54, 1.807) is 12.1 Å². The van der Waals surface area contributed by atoms with Crippen molar-refractivity contribution >= 4 is 29.0 Å². The molecule has 2 fully saturated rings. The second kappa shape index (κ2) is 9.90. The van der Waals surface area contributed by atoms with E-state index in [1.807, 2.05) is 17.0 Å². The summed E-state index contributed by atoms with van der Waals surface area (Å²) < 4.78 is 5.97. The molecule has 2 aromatic carbocycles. The number of carbonyl (C=O) groups excluding carboxylic acids is 1. The number of hydrogen-bond acceptors (Lipinski definition) is 4. The Hall–Kier alpha value is -2.28. The average molecular weight is 443 g/mol. The molecular formula is C24H31ClN4O2. The zero-order valence-electron chi connectivity index (χ0n) is 18.3. The fourth-order valence-corrected chi connectivity index (χ4v) is 4.37. The molecule has 2 amide bonds. The van der Waals surface area contributed by atoms with Crippen LogP contribution in [-0.2, 0) is 4.74 Å². The number of nitrogens with zero attached hydrogens (tertiary/aromatic N) is 3. The van der Waals surface area contributed by atoms with Crippen LogP contribution >= 0.6 is 11.6 Å². The monoisotopic (exact) mass is 442 g/mol. The molecule has 2 heterocycles. The van der Waals surface area contributed by atoms with Crippen LogP contribution in [0.3, 0.4) is 0 Å². The molecule has 2 aliphatic rings. The third kappa shape index (κ3) is 5.70. The highest BCUT2D eigenvalue weighted by atomic mass is 35.5. The lowest BCUT2D eigenvalue weighted by Gasteiger charge is -2.40. The predicted octanol–water partition coefficient (Wildman–Crippen LogP) is 4.01. The normalized spacial score (nSPS) is 20.0. The summed E-state index contributed by atoms with van der Waals surface area (Å²) in [5, 5.41) is 3.54. The van der Waals surface area contributed by atoms with E-state index in [0.717, 1.165) is 32.7 Å². The van der Waals surface area contributed by atoms with Crippen LogP contribution in [0.25, 0.3) is 0 Å². The van der Waals surface area contributed by atoms with E-state index in [9.17, 15) is 4.79 Å². The van der Waals surface area contributed by atoms with Gasteiger partial charge in [0.1, 0.15) is 0 Å². The molecule has 0 unspecified atom stereocenters. The maximum absolute atomic E-state index is 12.7. The lowest BCUT2D eigenvalue weighted by molar-refractivity contribution is -0.0295. The number of amides is 2. The van der Waals surface area contributed by atoms with E-state index in [-0.39, 0.29) is 12.1 Å². The Morgan fingerprint density at radius 1 is 1.06 bits per heavy atom. The molecule has 2 aromatic rings. The maximum Gasteiger partial charge on any atom is 0.322 e. The van der Waals surface area contributed by atoms with Gasteiger partial charge in [-0.1, -0.05) is 23.7 Å². The summed E-state index contributed by atoms with van der Waals surface area (Å²) in [6.07, 6.45) is 0.0343. The molecule has 6 nitrogen and oxygen atoms in total. The molecule has 1 N–H and O–H groups in total. The number of aryl methyl sites for hydroxylation is 2. The molecule has 0 spiro atoms. The topological polar surface area (TPSA) is 48.0 Å². The Morgan fingerprint density at radius 3 is 2.61 bits per heavy atom. The van der Waals surface area contributed by atoms with Crippen molar-refractivity contribution < 1.29 is 9.53 Å². The third-order valence-corrected chi connectivity index (χ3v) is 6.43. The Kier molecular flexibility index (Phi) is 7.00. The van der Waals surface area contributed by atoms with Crippen LogP contribution < -0.4 is 10.2 Å². The molecule has 166 valence electrons. The van der Waals surface area contributed by atoms with Crippen molar-refractivity contribution in [3.8, 4) is 0 Å². The first-order valence-corrected chi connectivity index (χ1v) is 11.3. The molecular weight excluding hydrogens is 412 g/mol. The van der Waals surface area contributed by atoms with Crippen LogP contribution in [0.4, 0.5) is 16.2 Å². The first-order valence-electron chi connectivity index (χ1n) is 11.0. The summed E-state index contributed by atoms with van der Waals surface area (Å²) in [4.78, 5) is 19.4. The minimum absolute atomic E-state index is 0.0343.